The van der Waals surface area contributed by atoms with Crippen molar-refractivity contribution in [3.05, 3.63) is 51.5 Å². The second-order valence-electron chi connectivity index (χ2n) is 5.50. The standard InChI is InChI=1S/C17H22N4O2S2/c1-12-3-5-14(6-4-12)10-24-8-7-18-17(23)21-20-16(22)9-15-11-25-13(2)19-15/h3-6,11H,7-10H2,1-2H3,(H,20,22)(H2,18,21,23). The van der Waals surface area contributed by atoms with E-state index in [1.165, 1.54) is 22.5 Å². The third-order valence-corrected chi connectivity index (χ3v) is 5.10. The van der Waals surface area contributed by atoms with E-state index in [2.05, 4.69) is 52.3 Å². The fraction of sp³-hybridized carbons (Fsp3) is 0.353. The number of benzene rings is 1. The first-order valence-electron chi connectivity index (χ1n) is 7.90. The number of urea groups is 1. The normalized spacial score (nSPS) is 10.3. The number of hydrogen-bond acceptors (Lipinski definition) is 5. The highest BCUT2D eigenvalue weighted by atomic mass is 32.2. The molecule has 6 nitrogen and oxygen atoms in total. The van der Waals surface area contributed by atoms with Crippen molar-refractivity contribution in [1.82, 2.24) is 21.2 Å². The SMILES string of the molecule is Cc1ccc(CSCCNC(=O)NNC(=O)Cc2csc(C)n2)cc1. The fourth-order valence-corrected chi connectivity index (χ4v) is 3.41. The van der Waals surface area contributed by atoms with Gasteiger partial charge in [0.05, 0.1) is 17.1 Å². The van der Waals surface area contributed by atoms with Crippen LogP contribution < -0.4 is 16.2 Å². The average molecular weight is 379 g/mol. The molecule has 0 aliphatic carbocycles. The molecule has 0 saturated heterocycles. The molecule has 2 aromatic rings. The topological polar surface area (TPSA) is 83.1 Å². The predicted octanol–water partition coefficient (Wildman–Crippen LogP) is 2.57. The molecule has 0 radical (unpaired) electrons. The summed E-state index contributed by atoms with van der Waals surface area (Å²) in [6, 6.07) is 8.00. The zero-order valence-corrected chi connectivity index (χ0v) is 15.9. The maximum atomic E-state index is 11.7. The number of thioether (sulfide) groups is 1. The number of carbonyl (C=O) groups excluding carboxylic acids is 2. The van der Waals surface area contributed by atoms with E-state index in [4.69, 9.17) is 0 Å². The Bertz CT molecular complexity index is 701. The Morgan fingerprint density at radius 1 is 1.16 bits per heavy atom. The Kier molecular flexibility index (Phi) is 7.75. The van der Waals surface area contributed by atoms with Crippen LogP contribution in [0.15, 0.2) is 29.6 Å². The lowest BCUT2D eigenvalue weighted by atomic mass is 10.2. The van der Waals surface area contributed by atoms with Crippen molar-refractivity contribution in [2.24, 2.45) is 0 Å². The Balaban J connectivity index is 1.53. The van der Waals surface area contributed by atoms with E-state index in [0.717, 1.165) is 16.5 Å². The van der Waals surface area contributed by atoms with E-state index < -0.39 is 6.03 Å². The van der Waals surface area contributed by atoms with Crippen molar-refractivity contribution in [1.29, 1.82) is 0 Å². The summed E-state index contributed by atoms with van der Waals surface area (Å²) >= 11 is 3.24. The molecular weight excluding hydrogens is 356 g/mol. The van der Waals surface area contributed by atoms with Gasteiger partial charge in [0.25, 0.3) is 0 Å². The van der Waals surface area contributed by atoms with E-state index in [-0.39, 0.29) is 12.3 Å². The molecule has 0 aliphatic heterocycles. The van der Waals surface area contributed by atoms with Crippen LogP contribution in [0.4, 0.5) is 4.79 Å². The minimum absolute atomic E-state index is 0.150. The van der Waals surface area contributed by atoms with Crippen molar-refractivity contribution < 1.29 is 9.59 Å². The van der Waals surface area contributed by atoms with Gasteiger partial charge >= 0.3 is 6.03 Å². The lowest BCUT2D eigenvalue weighted by Gasteiger charge is -2.08. The molecule has 1 heterocycles. The highest BCUT2D eigenvalue weighted by Gasteiger charge is 2.07. The van der Waals surface area contributed by atoms with Gasteiger partial charge in [-0.3, -0.25) is 10.2 Å². The monoisotopic (exact) mass is 378 g/mol. The van der Waals surface area contributed by atoms with Crippen LogP contribution in [0.3, 0.4) is 0 Å². The Morgan fingerprint density at radius 3 is 2.60 bits per heavy atom. The number of hydrazine groups is 1. The van der Waals surface area contributed by atoms with Crippen molar-refractivity contribution >= 4 is 35.0 Å². The number of nitrogens with one attached hydrogen (secondary N) is 3. The number of carbonyl (C=O) groups is 2. The molecule has 8 heteroatoms. The largest absolute Gasteiger partial charge is 0.336 e. The molecule has 2 rings (SSSR count). The van der Waals surface area contributed by atoms with Crippen LogP contribution in [-0.4, -0.2) is 29.2 Å². The van der Waals surface area contributed by atoms with Gasteiger partial charge in [-0.25, -0.2) is 15.2 Å². The van der Waals surface area contributed by atoms with E-state index in [9.17, 15) is 9.59 Å². The summed E-state index contributed by atoms with van der Waals surface area (Å²) < 4.78 is 0. The Morgan fingerprint density at radius 2 is 1.92 bits per heavy atom. The molecular formula is C17H22N4O2S2. The Hall–Kier alpha value is -2.06. The zero-order chi connectivity index (χ0) is 18.1. The molecule has 1 aromatic carbocycles. The minimum Gasteiger partial charge on any atom is -0.336 e. The molecule has 3 amide bonds. The van der Waals surface area contributed by atoms with E-state index >= 15 is 0 Å². The van der Waals surface area contributed by atoms with E-state index in [0.29, 0.717) is 12.2 Å². The lowest BCUT2D eigenvalue weighted by Crippen LogP contribution is -2.47. The number of nitrogens with zero attached hydrogens (tertiary/aromatic N) is 1. The van der Waals surface area contributed by atoms with Gasteiger partial charge in [-0.2, -0.15) is 11.8 Å². The molecule has 1 aromatic heterocycles. The van der Waals surface area contributed by atoms with E-state index in [1.54, 1.807) is 11.8 Å². The maximum absolute atomic E-state index is 11.7. The van der Waals surface area contributed by atoms with Crippen molar-refractivity contribution in [2.75, 3.05) is 12.3 Å². The van der Waals surface area contributed by atoms with Crippen LogP contribution in [0.25, 0.3) is 0 Å². The average Bonchev–Trinajstić information content (AvgIpc) is 2.99. The summed E-state index contributed by atoms with van der Waals surface area (Å²) in [4.78, 5) is 27.5. The molecule has 0 atom stereocenters. The van der Waals surface area contributed by atoms with Crippen molar-refractivity contribution in [3.8, 4) is 0 Å². The summed E-state index contributed by atoms with van der Waals surface area (Å²) in [6.45, 7) is 4.48. The third kappa shape index (κ3) is 7.57. The quantitative estimate of drug-likeness (QED) is 0.511. The summed E-state index contributed by atoms with van der Waals surface area (Å²) in [5.74, 6) is 1.41. The molecule has 0 bridgehead atoms. The van der Waals surface area contributed by atoms with Crippen LogP contribution in [0.5, 0.6) is 0 Å². The minimum atomic E-state index is -0.418. The van der Waals surface area contributed by atoms with Crippen LogP contribution in [-0.2, 0) is 17.0 Å². The summed E-state index contributed by atoms with van der Waals surface area (Å²) in [5, 5.41) is 5.45. The van der Waals surface area contributed by atoms with Gasteiger partial charge < -0.3 is 5.32 Å². The van der Waals surface area contributed by atoms with Crippen LogP contribution in [0.1, 0.15) is 21.8 Å². The molecule has 25 heavy (non-hydrogen) atoms. The second-order valence-corrected chi connectivity index (χ2v) is 7.67. The number of hydrogen-bond donors (Lipinski definition) is 3. The predicted molar refractivity (Wildman–Crippen MR) is 103 cm³/mol. The first-order valence-corrected chi connectivity index (χ1v) is 9.93. The van der Waals surface area contributed by atoms with Crippen LogP contribution >= 0.6 is 23.1 Å². The van der Waals surface area contributed by atoms with Gasteiger partial charge in [-0.15, -0.1) is 11.3 Å². The highest BCUT2D eigenvalue weighted by molar-refractivity contribution is 7.98. The number of aryl methyl sites for hydroxylation is 2. The molecule has 3 N–H and O–H groups in total. The second kappa shape index (κ2) is 10.0. The number of thiazole rings is 1. The van der Waals surface area contributed by atoms with Gasteiger partial charge in [-0.1, -0.05) is 29.8 Å². The lowest BCUT2D eigenvalue weighted by molar-refractivity contribution is -0.121. The smallest absolute Gasteiger partial charge is 0.333 e. The van der Waals surface area contributed by atoms with Crippen LogP contribution in [0, 0.1) is 13.8 Å². The van der Waals surface area contributed by atoms with Gasteiger partial charge in [-0.05, 0) is 19.4 Å². The van der Waals surface area contributed by atoms with Gasteiger partial charge in [0.2, 0.25) is 5.91 Å². The summed E-state index contributed by atoms with van der Waals surface area (Å²) in [6.07, 6.45) is 0.150. The van der Waals surface area contributed by atoms with Gasteiger partial charge in [0.1, 0.15) is 0 Å². The molecule has 0 saturated carbocycles. The molecule has 134 valence electrons. The maximum Gasteiger partial charge on any atom is 0.333 e. The third-order valence-electron chi connectivity index (χ3n) is 3.24. The molecule has 0 fully saturated rings. The number of amides is 3. The number of rotatable bonds is 7. The zero-order valence-electron chi connectivity index (χ0n) is 14.3. The number of aromatic nitrogens is 1. The summed E-state index contributed by atoms with van der Waals surface area (Å²) in [5.41, 5.74) is 7.93. The summed E-state index contributed by atoms with van der Waals surface area (Å²) in [7, 11) is 0. The van der Waals surface area contributed by atoms with Crippen LogP contribution in [0.2, 0.25) is 0 Å². The Labute approximate surface area is 155 Å². The van der Waals surface area contributed by atoms with Gasteiger partial charge in [0, 0.05) is 23.4 Å². The van der Waals surface area contributed by atoms with E-state index in [1.807, 2.05) is 12.3 Å². The first-order chi connectivity index (χ1) is 12.0. The van der Waals surface area contributed by atoms with Crippen molar-refractivity contribution in [2.45, 2.75) is 26.0 Å². The first kappa shape index (κ1) is 19.3. The fourth-order valence-electron chi connectivity index (χ4n) is 1.98. The highest BCUT2D eigenvalue weighted by Crippen LogP contribution is 2.12. The molecule has 0 aliphatic rings. The van der Waals surface area contributed by atoms with Gasteiger partial charge in [0.15, 0.2) is 0 Å². The molecule has 0 unspecified atom stereocenters. The molecule has 0 spiro atoms. The van der Waals surface area contributed by atoms with Crippen molar-refractivity contribution in [3.63, 3.8) is 0 Å².